The quantitative estimate of drug-likeness (QED) is 0.840. The van der Waals surface area contributed by atoms with Crippen LogP contribution in [0.15, 0.2) is 24.3 Å². The molecule has 0 bridgehead atoms. The molecule has 20 heavy (non-hydrogen) atoms. The van der Waals surface area contributed by atoms with Crippen LogP contribution in [0.5, 0.6) is 5.75 Å². The van der Waals surface area contributed by atoms with Crippen LogP contribution >= 0.6 is 0 Å². The van der Waals surface area contributed by atoms with Crippen molar-refractivity contribution in [2.45, 2.75) is 52.2 Å². The van der Waals surface area contributed by atoms with Gasteiger partial charge in [0.2, 0.25) is 0 Å². The van der Waals surface area contributed by atoms with Crippen LogP contribution in [0.2, 0.25) is 0 Å². The second kappa shape index (κ2) is 6.75. The second-order valence-electron chi connectivity index (χ2n) is 6.19. The molecule has 4 heteroatoms. The molecule has 0 aliphatic heterocycles. The van der Waals surface area contributed by atoms with Gasteiger partial charge in [0.15, 0.2) is 6.10 Å². The maximum atomic E-state index is 11.9. The Balaban J connectivity index is 2.59. The Morgan fingerprint density at radius 3 is 2.55 bits per heavy atom. The molecule has 4 nitrogen and oxygen atoms in total. The SMILES string of the molecule is CC(Oc1cccc(C(C)C)c1)C(=O)NCC(C)(C)N. The Labute approximate surface area is 121 Å². The molecule has 112 valence electrons. The third-order valence-corrected chi connectivity index (χ3v) is 2.93. The predicted molar refractivity (Wildman–Crippen MR) is 81.9 cm³/mol. The summed E-state index contributed by atoms with van der Waals surface area (Å²) in [5.74, 6) is 0.991. The summed E-state index contributed by atoms with van der Waals surface area (Å²) in [6.07, 6.45) is -0.542. The molecule has 0 fully saturated rings. The van der Waals surface area contributed by atoms with Crippen LogP contribution in [0, 0.1) is 0 Å². The highest BCUT2D eigenvalue weighted by Crippen LogP contribution is 2.20. The van der Waals surface area contributed by atoms with E-state index in [1.807, 2.05) is 32.0 Å². The van der Waals surface area contributed by atoms with Gasteiger partial charge in [-0.2, -0.15) is 0 Å². The fourth-order valence-corrected chi connectivity index (χ4v) is 1.66. The topological polar surface area (TPSA) is 64.3 Å². The van der Waals surface area contributed by atoms with Gasteiger partial charge in [0, 0.05) is 12.1 Å². The molecule has 3 N–H and O–H groups in total. The van der Waals surface area contributed by atoms with Crippen LogP contribution in [-0.4, -0.2) is 24.1 Å². The van der Waals surface area contributed by atoms with Gasteiger partial charge in [0.05, 0.1) is 0 Å². The number of nitrogens with two attached hydrogens (primary N) is 1. The monoisotopic (exact) mass is 278 g/mol. The van der Waals surface area contributed by atoms with Gasteiger partial charge in [-0.3, -0.25) is 4.79 Å². The van der Waals surface area contributed by atoms with Gasteiger partial charge >= 0.3 is 0 Å². The number of rotatable bonds is 6. The van der Waals surface area contributed by atoms with E-state index in [-0.39, 0.29) is 5.91 Å². The molecule has 1 rings (SSSR count). The average Bonchev–Trinajstić information content (AvgIpc) is 2.35. The highest BCUT2D eigenvalue weighted by molar-refractivity contribution is 5.80. The normalized spacial score (nSPS) is 13.2. The molecule has 0 aliphatic carbocycles. The van der Waals surface area contributed by atoms with Gasteiger partial charge in [-0.05, 0) is 44.4 Å². The molecule has 1 aromatic carbocycles. The lowest BCUT2D eigenvalue weighted by Crippen LogP contribution is -2.48. The van der Waals surface area contributed by atoms with E-state index in [2.05, 4.69) is 25.2 Å². The highest BCUT2D eigenvalue weighted by Gasteiger charge is 2.18. The molecule has 0 aliphatic rings. The Morgan fingerprint density at radius 1 is 1.35 bits per heavy atom. The van der Waals surface area contributed by atoms with E-state index < -0.39 is 11.6 Å². The van der Waals surface area contributed by atoms with Crippen molar-refractivity contribution in [1.82, 2.24) is 5.32 Å². The van der Waals surface area contributed by atoms with Crippen molar-refractivity contribution in [2.75, 3.05) is 6.54 Å². The zero-order valence-corrected chi connectivity index (χ0v) is 13.1. The van der Waals surface area contributed by atoms with Gasteiger partial charge in [-0.15, -0.1) is 0 Å². The molecule has 0 saturated carbocycles. The molecule has 0 heterocycles. The Kier molecular flexibility index (Phi) is 5.57. The molecule has 1 atom stereocenters. The summed E-state index contributed by atoms with van der Waals surface area (Å²) in [5, 5.41) is 2.79. The second-order valence-corrected chi connectivity index (χ2v) is 6.19. The average molecular weight is 278 g/mol. The Hall–Kier alpha value is -1.55. The van der Waals surface area contributed by atoms with Gasteiger partial charge < -0.3 is 15.8 Å². The third-order valence-electron chi connectivity index (χ3n) is 2.93. The zero-order chi connectivity index (χ0) is 15.3. The van der Waals surface area contributed by atoms with Gasteiger partial charge in [-0.25, -0.2) is 0 Å². The first-order chi connectivity index (χ1) is 9.19. The molecular weight excluding hydrogens is 252 g/mol. The molecule has 0 spiro atoms. The number of benzene rings is 1. The number of carbonyl (C=O) groups is 1. The Bertz CT molecular complexity index is 450. The van der Waals surface area contributed by atoms with E-state index in [1.165, 1.54) is 5.56 Å². The lowest BCUT2D eigenvalue weighted by atomic mass is 10.0. The lowest BCUT2D eigenvalue weighted by molar-refractivity contribution is -0.127. The number of ether oxygens (including phenoxy) is 1. The fourth-order valence-electron chi connectivity index (χ4n) is 1.66. The molecule has 0 saturated heterocycles. The minimum atomic E-state index is -0.542. The maximum Gasteiger partial charge on any atom is 0.260 e. The van der Waals surface area contributed by atoms with E-state index >= 15 is 0 Å². The first kappa shape index (κ1) is 16.5. The van der Waals surface area contributed by atoms with Crippen LogP contribution in [-0.2, 0) is 4.79 Å². The van der Waals surface area contributed by atoms with E-state index in [0.717, 1.165) is 0 Å². The fraction of sp³-hybridized carbons (Fsp3) is 0.562. The number of nitrogens with one attached hydrogen (secondary N) is 1. The third kappa shape index (κ3) is 5.61. The minimum absolute atomic E-state index is 0.154. The summed E-state index contributed by atoms with van der Waals surface area (Å²) in [4.78, 5) is 11.9. The minimum Gasteiger partial charge on any atom is -0.481 e. The molecule has 1 unspecified atom stereocenters. The lowest BCUT2D eigenvalue weighted by Gasteiger charge is -2.21. The van der Waals surface area contributed by atoms with Crippen molar-refractivity contribution >= 4 is 5.91 Å². The number of carbonyl (C=O) groups excluding carboxylic acids is 1. The summed E-state index contributed by atoms with van der Waals surface area (Å²) in [6, 6.07) is 7.83. The van der Waals surface area contributed by atoms with Crippen LogP contribution in [0.1, 0.15) is 46.1 Å². The smallest absolute Gasteiger partial charge is 0.260 e. The van der Waals surface area contributed by atoms with E-state index in [1.54, 1.807) is 6.92 Å². The van der Waals surface area contributed by atoms with E-state index in [9.17, 15) is 4.79 Å². The van der Waals surface area contributed by atoms with Gasteiger partial charge in [0.1, 0.15) is 5.75 Å². The van der Waals surface area contributed by atoms with Crippen LogP contribution in [0.25, 0.3) is 0 Å². The number of hydrogen-bond acceptors (Lipinski definition) is 3. The number of hydrogen-bond donors (Lipinski definition) is 2. The summed E-state index contributed by atoms with van der Waals surface area (Å²) in [6.45, 7) is 10.1. The van der Waals surface area contributed by atoms with Crippen LogP contribution in [0.3, 0.4) is 0 Å². The summed E-state index contributed by atoms with van der Waals surface area (Å²) in [5.41, 5.74) is 6.60. The standard InChI is InChI=1S/C16H26N2O2/c1-11(2)13-7-6-8-14(9-13)20-12(3)15(19)18-10-16(4,5)17/h6-9,11-12H,10,17H2,1-5H3,(H,18,19). The van der Waals surface area contributed by atoms with Gasteiger partial charge in [-0.1, -0.05) is 26.0 Å². The zero-order valence-electron chi connectivity index (χ0n) is 13.1. The molecule has 0 aromatic heterocycles. The van der Waals surface area contributed by atoms with E-state index in [4.69, 9.17) is 10.5 Å². The van der Waals surface area contributed by atoms with Crippen molar-refractivity contribution in [2.24, 2.45) is 5.73 Å². The number of amides is 1. The first-order valence-electron chi connectivity index (χ1n) is 7.02. The predicted octanol–water partition coefficient (Wildman–Crippen LogP) is 2.43. The Morgan fingerprint density at radius 2 is 2.00 bits per heavy atom. The molecular formula is C16H26N2O2. The maximum absolute atomic E-state index is 11.9. The van der Waals surface area contributed by atoms with Crippen molar-refractivity contribution in [1.29, 1.82) is 0 Å². The first-order valence-corrected chi connectivity index (χ1v) is 7.02. The summed E-state index contributed by atoms with van der Waals surface area (Å²) >= 11 is 0. The van der Waals surface area contributed by atoms with Gasteiger partial charge in [0.25, 0.3) is 5.91 Å². The van der Waals surface area contributed by atoms with Crippen LogP contribution in [0.4, 0.5) is 0 Å². The molecule has 0 radical (unpaired) electrons. The van der Waals surface area contributed by atoms with Crippen molar-refractivity contribution in [3.63, 3.8) is 0 Å². The van der Waals surface area contributed by atoms with Crippen molar-refractivity contribution < 1.29 is 9.53 Å². The van der Waals surface area contributed by atoms with Crippen LogP contribution < -0.4 is 15.8 Å². The summed E-state index contributed by atoms with van der Waals surface area (Å²) in [7, 11) is 0. The molecule has 1 aromatic rings. The highest BCUT2D eigenvalue weighted by atomic mass is 16.5. The largest absolute Gasteiger partial charge is 0.481 e. The van der Waals surface area contributed by atoms with Crippen molar-refractivity contribution in [3.05, 3.63) is 29.8 Å². The summed E-state index contributed by atoms with van der Waals surface area (Å²) < 4.78 is 5.68. The van der Waals surface area contributed by atoms with Crippen molar-refractivity contribution in [3.8, 4) is 5.75 Å². The molecule has 1 amide bonds. The van der Waals surface area contributed by atoms with E-state index in [0.29, 0.717) is 18.2 Å².